The molecular formula is C13H18Br2N2O. The van der Waals surface area contributed by atoms with Crippen molar-refractivity contribution in [2.75, 3.05) is 5.73 Å². The summed E-state index contributed by atoms with van der Waals surface area (Å²) in [5.74, 6) is 0. The maximum atomic E-state index is 10.1. The van der Waals surface area contributed by atoms with Gasteiger partial charge in [-0.15, -0.1) is 0 Å². The number of nitrogen functional groups attached to an aromatic ring is 1. The molecule has 1 saturated carbocycles. The van der Waals surface area contributed by atoms with Gasteiger partial charge in [0, 0.05) is 33.8 Å². The molecule has 1 aliphatic carbocycles. The van der Waals surface area contributed by atoms with Crippen LogP contribution in [0.2, 0.25) is 0 Å². The van der Waals surface area contributed by atoms with Gasteiger partial charge in [0.1, 0.15) is 0 Å². The molecule has 4 N–H and O–H groups in total. The maximum absolute atomic E-state index is 10.1. The number of benzene rings is 1. The molecule has 0 saturated heterocycles. The number of aliphatic hydroxyl groups is 1. The summed E-state index contributed by atoms with van der Waals surface area (Å²) in [5, 5.41) is 12.4. The third-order valence-electron chi connectivity index (χ3n) is 2.25. The van der Waals surface area contributed by atoms with Gasteiger partial charge in [-0.2, -0.15) is 0 Å². The number of nitrogens with one attached hydrogen (secondary N) is 1. The van der Waals surface area contributed by atoms with E-state index in [1.54, 1.807) is 6.07 Å². The predicted octanol–water partition coefficient (Wildman–Crippen LogP) is 3.19. The average molecular weight is 388 g/mol. The van der Waals surface area contributed by atoms with Gasteiger partial charge in [0.15, 0.2) is 0 Å². The molecule has 1 aromatic rings. The van der Waals surface area contributed by atoms with Crippen molar-refractivity contribution in [2.24, 2.45) is 0 Å². The van der Waals surface area contributed by atoms with Crippen molar-refractivity contribution in [3.05, 3.63) is 26.6 Å². The molecule has 0 bridgehead atoms. The first-order valence-electron chi connectivity index (χ1n) is 10.0. The lowest BCUT2D eigenvalue weighted by atomic mass is 9.93. The van der Waals surface area contributed by atoms with Gasteiger partial charge >= 0.3 is 0 Å². The van der Waals surface area contributed by atoms with E-state index in [0.29, 0.717) is 14.5 Å². The second-order valence-corrected chi connectivity index (χ2v) is 5.31. The number of halogens is 2. The minimum atomic E-state index is -3.79. The fourth-order valence-electron chi connectivity index (χ4n) is 1.36. The molecule has 1 aliphatic rings. The van der Waals surface area contributed by atoms with Crippen LogP contribution < -0.4 is 11.1 Å². The molecule has 5 heteroatoms. The van der Waals surface area contributed by atoms with Gasteiger partial charge in [0.05, 0.1) is 13.1 Å². The van der Waals surface area contributed by atoms with Crippen LogP contribution in [0.15, 0.2) is 21.1 Å². The second kappa shape index (κ2) is 6.37. The van der Waals surface area contributed by atoms with E-state index >= 15 is 0 Å². The Hall–Kier alpha value is -0.100. The predicted molar refractivity (Wildman–Crippen MR) is 81.4 cm³/mol. The van der Waals surface area contributed by atoms with Crippen molar-refractivity contribution in [3.63, 3.8) is 0 Å². The fraction of sp³-hybridized carbons (Fsp3) is 0.538. The highest BCUT2D eigenvalue weighted by Crippen LogP contribution is 2.28. The van der Waals surface area contributed by atoms with Crippen molar-refractivity contribution in [2.45, 2.75) is 44.1 Å². The van der Waals surface area contributed by atoms with Crippen LogP contribution in [-0.2, 0) is 6.54 Å². The van der Waals surface area contributed by atoms with Gasteiger partial charge in [0.2, 0.25) is 0 Å². The topological polar surface area (TPSA) is 58.3 Å². The molecule has 100 valence electrons. The lowest BCUT2D eigenvalue weighted by Crippen LogP contribution is -2.34. The van der Waals surface area contributed by atoms with Gasteiger partial charge in [-0.25, -0.2) is 0 Å². The summed E-state index contributed by atoms with van der Waals surface area (Å²) < 4.78 is 80.9. The standard InChI is InChI=1S/C13H18Br2N2O/c14-9-5-8(13(16)12(15)6-9)7-17-10-1-3-11(18)4-2-10/h5-6,10-11,17-18H,1-4,7,16H2/i1D2,2D2,3D2,4D2,10D,11D. The Kier molecular flexibility index (Phi) is 2.17. The number of rotatable bonds is 3. The van der Waals surface area contributed by atoms with Crippen LogP contribution in [0.3, 0.4) is 0 Å². The molecule has 1 fully saturated rings. The Morgan fingerprint density at radius 1 is 1.39 bits per heavy atom. The van der Waals surface area contributed by atoms with Crippen LogP contribution in [0.5, 0.6) is 0 Å². The Morgan fingerprint density at radius 3 is 2.72 bits per heavy atom. The first-order valence-corrected chi connectivity index (χ1v) is 6.59. The average Bonchev–Trinajstić information content (AvgIpc) is 2.54. The van der Waals surface area contributed by atoms with E-state index in [1.165, 1.54) is 6.07 Å². The van der Waals surface area contributed by atoms with Gasteiger partial charge in [-0.05, 0) is 59.1 Å². The molecule has 2 rings (SSSR count). The van der Waals surface area contributed by atoms with Crippen LogP contribution in [0.25, 0.3) is 0 Å². The Morgan fingerprint density at radius 2 is 2.06 bits per heavy atom. The van der Waals surface area contributed by atoms with Gasteiger partial charge in [-0.3, -0.25) is 0 Å². The summed E-state index contributed by atoms with van der Waals surface area (Å²) >= 11 is 6.45. The summed E-state index contributed by atoms with van der Waals surface area (Å²) in [6.07, 6.45) is -18.1. The molecule has 18 heavy (non-hydrogen) atoms. The third-order valence-corrected chi connectivity index (χ3v) is 3.36. The molecule has 0 radical (unpaired) electrons. The van der Waals surface area contributed by atoms with E-state index in [1.807, 2.05) is 0 Å². The van der Waals surface area contributed by atoms with Crippen molar-refractivity contribution in [1.29, 1.82) is 0 Å². The minimum Gasteiger partial charge on any atom is -0.398 e. The van der Waals surface area contributed by atoms with Crippen LogP contribution in [0, 0.1) is 0 Å². The zero-order chi connectivity index (χ0) is 22.1. The van der Waals surface area contributed by atoms with Gasteiger partial charge in [-0.1, -0.05) is 15.9 Å². The van der Waals surface area contributed by atoms with Crippen LogP contribution in [0.1, 0.15) is 44.8 Å². The lowest BCUT2D eigenvalue weighted by Gasteiger charge is -2.26. The van der Waals surface area contributed by atoms with E-state index in [4.69, 9.17) is 19.4 Å². The van der Waals surface area contributed by atoms with Gasteiger partial charge in [0.25, 0.3) is 0 Å². The van der Waals surface area contributed by atoms with E-state index in [2.05, 4.69) is 37.2 Å². The van der Waals surface area contributed by atoms with E-state index in [-0.39, 0.29) is 5.69 Å². The largest absolute Gasteiger partial charge is 0.398 e. The first-order chi connectivity index (χ1) is 12.3. The van der Waals surface area contributed by atoms with Gasteiger partial charge < -0.3 is 16.2 Å². The number of nitrogens with two attached hydrogens (primary N) is 1. The quantitative estimate of drug-likeness (QED) is 0.698. The molecule has 0 aromatic heterocycles. The highest BCUT2D eigenvalue weighted by molar-refractivity contribution is 9.11. The highest BCUT2D eigenvalue weighted by atomic mass is 79.9. The first kappa shape index (κ1) is 6.12. The van der Waals surface area contributed by atoms with Crippen LogP contribution in [0.4, 0.5) is 5.69 Å². The Labute approximate surface area is 138 Å². The van der Waals surface area contributed by atoms with Crippen LogP contribution in [-0.4, -0.2) is 17.2 Å². The van der Waals surface area contributed by atoms with E-state index in [9.17, 15) is 5.11 Å². The summed E-state index contributed by atoms with van der Waals surface area (Å²) in [6.45, 7) is -0.408. The number of hydrogen-bond donors (Lipinski definition) is 3. The second-order valence-electron chi connectivity index (χ2n) is 3.54. The van der Waals surface area contributed by atoms with E-state index in [0.717, 1.165) is 0 Å². The SMILES string of the molecule is [2H]C1([2H])C([2H])([2H])C([2H])(NCc2cc(Br)cc(Br)c2N)C([2H])([2H])C([2H])([2H])C1([2H])O. The van der Waals surface area contributed by atoms with Crippen molar-refractivity contribution >= 4 is 37.5 Å². The van der Waals surface area contributed by atoms with Crippen molar-refractivity contribution in [1.82, 2.24) is 5.32 Å². The normalized spacial score (nSPS) is 51.7. The summed E-state index contributed by atoms with van der Waals surface area (Å²) in [7, 11) is 0. The van der Waals surface area contributed by atoms with Crippen molar-refractivity contribution in [3.8, 4) is 0 Å². The zero-order valence-electron chi connectivity index (χ0n) is 19.1. The number of hydrogen-bond acceptors (Lipinski definition) is 3. The molecule has 0 aliphatic heterocycles. The summed E-state index contributed by atoms with van der Waals surface area (Å²) in [6, 6.07) is -0.0675. The molecule has 0 amide bonds. The smallest absolute Gasteiger partial charge is 0.0600 e. The minimum absolute atomic E-state index is 0.208. The lowest BCUT2D eigenvalue weighted by molar-refractivity contribution is 0.116. The Balaban J connectivity index is 2.60. The van der Waals surface area contributed by atoms with Crippen LogP contribution >= 0.6 is 31.9 Å². The molecule has 1 aromatic carbocycles. The molecule has 0 spiro atoms. The molecular weight excluding hydrogens is 360 g/mol. The fourth-order valence-corrected chi connectivity index (χ4v) is 2.68. The molecule has 0 heterocycles. The van der Waals surface area contributed by atoms with Crippen molar-refractivity contribution < 1.29 is 18.8 Å². The summed E-state index contributed by atoms with van der Waals surface area (Å²) in [4.78, 5) is 0. The van der Waals surface area contributed by atoms with E-state index < -0.39 is 44.1 Å². The maximum Gasteiger partial charge on any atom is 0.0600 e. The monoisotopic (exact) mass is 386 g/mol. The number of anilines is 1. The summed E-state index contributed by atoms with van der Waals surface area (Å²) in [5.41, 5.74) is 6.44. The third kappa shape index (κ3) is 3.70. The Bertz CT molecular complexity index is 772. The highest BCUT2D eigenvalue weighted by Gasteiger charge is 2.19. The zero-order valence-corrected chi connectivity index (χ0v) is 12.3. The molecule has 0 atom stereocenters. The molecule has 0 unspecified atom stereocenters. The molecule has 3 nitrogen and oxygen atoms in total.